The number of nitrogens with one attached hydrogen (secondary N) is 1. The van der Waals surface area contributed by atoms with Crippen molar-refractivity contribution in [2.45, 2.75) is 90.8 Å². The van der Waals surface area contributed by atoms with Gasteiger partial charge >= 0.3 is 0 Å². The fourth-order valence-corrected chi connectivity index (χ4v) is 6.45. The van der Waals surface area contributed by atoms with Gasteiger partial charge in [-0.3, -0.25) is 4.90 Å². The lowest BCUT2D eigenvalue weighted by atomic mass is 9.75. The monoisotopic (exact) mass is 464 g/mol. The van der Waals surface area contributed by atoms with Gasteiger partial charge in [-0.25, -0.2) is 0 Å². The summed E-state index contributed by atoms with van der Waals surface area (Å²) in [4.78, 5) is 2.61. The topological polar surface area (TPSA) is 44.7 Å². The summed E-state index contributed by atoms with van der Waals surface area (Å²) in [7, 11) is 1.80. The molecular weight excluding hydrogens is 420 g/mol. The van der Waals surface area contributed by atoms with Gasteiger partial charge in [0, 0.05) is 49.1 Å². The van der Waals surface area contributed by atoms with Crippen molar-refractivity contribution in [2.24, 2.45) is 0 Å². The van der Waals surface area contributed by atoms with Crippen LogP contribution in [0.5, 0.6) is 5.75 Å². The third kappa shape index (κ3) is 4.65. The van der Waals surface area contributed by atoms with Crippen LogP contribution >= 0.6 is 0 Å². The fraction of sp³-hybridized carbons (Fsp3) is 0.600. The Morgan fingerprint density at radius 3 is 2.32 bits per heavy atom. The molecule has 1 unspecified atom stereocenters. The van der Waals surface area contributed by atoms with E-state index in [0.717, 1.165) is 44.0 Å². The zero-order valence-corrected chi connectivity index (χ0v) is 22.5. The Kier molecular flexibility index (Phi) is 6.89. The van der Waals surface area contributed by atoms with Crippen LogP contribution < -0.4 is 10.1 Å². The molecule has 2 N–H and O–H groups in total. The van der Waals surface area contributed by atoms with Crippen LogP contribution in [0.25, 0.3) is 0 Å². The number of nitrogens with zero attached hydrogens (tertiary/aromatic N) is 1. The van der Waals surface area contributed by atoms with Gasteiger partial charge in [-0.2, -0.15) is 0 Å². The number of aliphatic hydroxyl groups excluding tert-OH is 1. The first-order valence-electron chi connectivity index (χ1n) is 12.9. The van der Waals surface area contributed by atoms with Crippen molar-refractivity contribution in [1.29, 1.82) is 0 Å². The van der Waals surface area contributed by atoms with Gasteiger partial charge in [0.15, 0.2) is 0 Å². The summed E-state index contributed by atoms with van der Waals surface area (Å²) in [6.07, 6.45) is 0. The molecule has 0 saturated carbocycles. The molecule has 186 valence electrons. The Labute approximate surface area is 206 Å². The van der Waals surface area contributed by atoms with E-state index in [1.807, 2.05) is 0 Å². The van der Waals surface area contributed by atoms with Crippen molar-refractivity contribution < 1.29 is 9.84 Å². The predicted molar refractivity (Wildman–Crippen MR) is 141 cm³/mol. The molecule has 2 aromatic rings. The lowest BCUT2D eigenvalue weighted by molar-refractivity contribution is 0.182. The number of hydrogen-bond donors (Lipinski definition) is 2. The minimum absolute atomic E-state index is 0.0220. The van der Waals surface area contributed by atoms with Gasteiger partial charge in [-0.15, -0.1) is 0 Å². The third-order valence-electron chi connectivity index (χ3n) is 7.94. The maximum Gasteiger partial charge on any atom is 0.123 e. The highest BCUT2D eigenvalue weighted by molar-refractivity contribution is 5.50. The maximum absolute atomic E-state index is 10.2. The molecule has 0 saturated heterocycles. The van der Waals surface area contributed by atoms with Crippen molar-refractivity contribution in [1.82, 2.24) is 10.2 Å². The standard InChI is InChI=1S/C30H44N2O2/c1-19(2)21-9-24-15-32(18-30(6,7)28(24)26(12-21)34-8)14-20(3)22-10-23-13-31-17-29(4,5)27(23)25(11-22)16-33/h9-12,19-20,31,33H,13-18H2,1-8H3. The van der Waals surface area contributed by atoms with E-state index < -0.39 is 0 Å². The highest BCUT2D eigenvalue weighted by atomic mass is 16.5. The second-order valence-electron chi connectivity index (χ2n) is 12.2. The molecule has 4 rings (SSSR count). The van der Waals surface area contributed by atoms with E-state index >= 15 is 0 Å². The number of hydrogen-bond acceptors (Lipinski definition) is 4. The summed E-state index contributed by atoms with van der Waals surface area (Å²) in [5, 5.41) is 13.8. The Hall–Kier alpha value is -1.88. The van der Waals surface area contributed by atoms with Crippen molar-refractivity contribution >= 4 is 0 Å². The molecule has 2 aliphatic heterocycles. The summed E-state index contributed by atoms with van der Waals surface area (Å²) in [5.74, 6) is 1.89. The first kappa shape index (κ1) is 25.2. The lowest BCUT2D eigenvalue weighted by Gasteiger charge is -2.42. The number of rotatable bonds is 6. The molecule has 2 heterocycles. The fourth-order valence-electron chi connectivity index (χ4n) is 6.45. The molecule has 0 bridgehead atoms. The summed E-state index contributed by atoms with van der Waals surface area (Å²) in [6.45, 7) is 21.0. The van der Waals surface area contributed by atoms with Gasteiger partial charge in [0.1, 0.15) is 5.75 Å². The molecule has 2 aliphatic rings. The maximum atomic E-state index is 10.2. The Morgan fingerprint density at radius 1 is 0.971 bits per heavy atom. The van der Waals surface area contributed by atoms with Crippen molar-refractivity contribution in [2.75, 3.05) is 26.7 Å². The van der Waals surface area contributed by atoms with Gasteiger partial charge in [0.25, 0.3) is 0 Å². The first-order valence-corrected chi connectivity index (χ1v) is 12.9. The minimum atomic E-state index is 0.0220. The van der Waals surface area contributed by atoms with Crippen molar-refractivity contribution in [3.05, 3.63) is 63.2 Å². The first-order chi connectivity index (χ1) is 16.0. The van der Waals surface area contributed by atoms with Crippen LogP contribution in [0.2, 0.25) is 0 Å². The third-order valence-corrected chi connectivity index (χ3v) is 7.94. The molecule has 0 spiro atoms. The molecule has 0 aliphatic carbocycles. The van der Waals surface area contributed by atoms with Crippen LogP contribution in [0.1, 0.15) is 99.2 Å². The summed E-state index contributed by atoms with van der Waals surface area (Å²) in [6, 6.07) is 9.29. The molecule has 0 fully saturated rings. The molecule has 0 radical (unpaired) electrons. The highest BCUT2D eigenvalue weighted by Gasteiger charge is 2.36. The minimum Gasteiger partial charge on any atom is -0.496 e. The van der Waals surface area contributed by atoms with Crippen LogP contribution in [0.4, 0.5) is 0 Å². The van der Waals surface area contributed by atoms with Crippen LogP contribution in [0.15, 0.2) is 24.3 Å². The Bertz CT molecular complexity index is 1040. The zero-order valence-electron chi connectivity index (χ0n) is 22.5. The average molecular weight is 465 g/mol. The summed E-state index contributed by atoms with van der Waals surface area (Å²) >= 11 is 0. The van der Waals surface area contributed by atoms with E-state index in [9.17, 15) is 5.11 Å². The van der Waals surface area contributed by atoms with E-state index in [1.54, 1.807) is 7.11 Å². The quantitative estimate of drug-likeness (QED) is 0.585. The second-order valence-corrected chi connectivity index (χ2v) is 12.2. The average Bonchev–Trinajstić information content (AvgIpc) is 2.76. The van der Waals surface area contributed by atoms with Gasteiger partial charge in [0.05, 0.1) is 13.7 Å². The smallest absolute Gasteiger partial charge is 0.123 e. The number of aliphatic hydroxyl groups is 1. The van der Waals surface area contributed by atoms with E-state index in [1.165, 1.54) is 33.4 Å². The molecule has 34 heavy (non-hydrogen) atoms. The second kappa shape index (κ2) is 9.29. The molecular formula is C30H44N2O2. The van der Waals surface area contributed by atoms with Gasteiger partial charge in [0.2, 0.25) is 0 Å². The molecule has 2 aromatic carbocycles. The molecule has 0 aromatic heterocycles. The molecule has 4 heteroatoms. The largest absolute Gasteiger partial charge is 0.496 e. The zero-order chi connectivity index (χ0) is 24.8. The Balaban J connectivity index is 1.63. The van der Waals surface area contributed by atoms with Gasteiger partial charge in [-0.1, -0.05) is 66.7 Å². The predicted octanol–water partition coefficient (Wildman–Crippen LogP) is 5.59. The molecule has 0 amide bonds. The van der Waals surface area contributed by atoms with Gasteiger partial charge in [-0.05, 0) is 51.3 Å². The number of fused-ring (bicyclic) bond motifs is 2. The number of ether oxygens (including phenoxy) is 1. The summed E-state index contributed by atoms with van der Waals surface area (Å²) < 4.78 is 5.87. The number of benzene rings is 2. The van der Waals surface area contributed by atoms with Crippen LogP contribution in [0.3, 0.4) is 0 Å². The van der Waals surface area contributed by atoms with Crippen LogP contribution in [0, 0.1) is 0 Å². The molecule has 1 atom stereocenters. The van der Waals surface area contributed by atoms with E-state index in [2.05, 4.69) is 82.9 Å². The van der Waals surface area contributed by atoms with Crippen molar-refractivity contribution in [3.63, 3.8) is 0 Å². The molecule has 4 nitrogen and oxygen atoms in total. The summed E-state index contributed by atoms with van der Waals surface area (Å²) in [5.41, 5.74) is 9.30. The van der Waals surface area contributed by atoms with Crippen molar-refractivity contribution in [3.8, 4) is 5.75 Å². The van der Waals surface area contributed by atoms with Crippen LogP contribution in [-0.4, -0.2) is 36.8 Å². The van der Waals surface area contributed by atoms with E-state index in [-0.39, 0.29) is 17.4 Å². The van der Waals surface area contributed by atoms with E-state index in [4.69, 9.17) is 4.74 Å². The highest BCUT2D eigenvalue weighted by Crippen LogP contribution is 2.42. The van der Waals surface area contributed by atoms with E-state index in [0.29, 0.717) is 11.8 Å². The lowest BCUT2D eigenvalue weighted by Crippen LogP contribution is -2.44. The normalized spacial score (nSPS) is 20.1. The Morgan fingerprint density at radius 2 is 1.68 bits per heavy atom. The number of methoxy groups -OCH3 is 1. The van der Waals surface area contributed by atoms with Gasteiger partial charge < -0.3 is 15.2 Å². The SMILES string of the molecule is COc1cc(C(C)C)cc2c1C(C)(C)CN(CC(C)c1cc(CO)c3c(c1)CNCC3(C)C)C2. The van der Waals surface area contributed by atoms with Crippen LogP contribution in [-0.2, 0) is 30.5 Å².